The van der Waals surface area contributed by atoms with E-state index >= 15 is 0 Å². The predicted octanol–water partition coefficient (Wildman–Crippen LogP) is 4.73. The van der Waals surface area contributed by atoms with Gasteiger partial charge in [0.15, 0.2) is 0 Å². The number of carbonyl (C=O) groups excluding carboxylic acids is 2. The van der Waals surface area contributed by atoms with E-state index in [-0.39, 0.29) is 36.4 Å². The smallest absolute Gasteiger partial charge is 0.411 e. The lowest BCUT2D eigenvalue weighted by atomic mass is 9.99. The third-order valence-corrected chi connectivity index (χ3v) is 6.89. The maximum absolute atomic E-state index is 14.9. The second kappa shape index (κ2) is 11.0. The van der Waals surface area contributed by atoms with E-state index in [2.05, 4.69) is 5.32 Å². The first kappa shape index (κ1) is 26.9. The number of methoxy groups -OCH3 is 1. The third kappa shape index (κ3) is 6.77. The first-order valence-corrected chi connectivity index (χ1v) is 12.9. The molecule has 37 heavy (non-hydrogen) atoms. The number of benzene rings is 1. The van der Waals surface area contributed by atoms with Crippen LogP contribution in [-0.2, 0) is 14.3 Å². The highest BCUT2D eigenvalue weighted by molar-refractivity contribution is 5.97. The SMILES string of the molecule is CO[C@@H]1C[C@H](C(=O)Nc2cc([C@@H](CCC3CC3)n3ccccc3=O)ccc2F)N(C(=O)OC(C)(C)C)C1. The number of nitrogens with one attached hydrogen (secondary N) is 1. The Kier molecular flexibility index (Phi) is 8.02. The van der Waals surface area contributed by atoms with Crippen molar-refractivity contribution in [3.05, 3.63) is 64.3 Å². The molecule has 1 aromatic heterocycles. The lowest BCUT2D eigenvalue weighted by molar-refractivity contribution is -0.120. The zero-order valence-corrected chi connectivity index (χ0v) is 21.9. The Morgan fingerprint density at radius 2 is 1.95 bits per heavy atom. The van der Waals surface area contributed by atoms with Gasteiger partial charge < -0.3 is 19.4 Å². The van der Waals surface area contributed by atoms with Crippen LogP contribution >= 0.6 is 0 Å². The molecule has 2 heterocycles. The van der Waals surface area contributed by atoms with E-state index in [4.69, 9.17) is 9.47 Å². The van der Waals surface area contributed by atoms with Gasteiger partial charge in [0.1, 0.15) is 17.5 Å². The molecule has 1 aliphatic carbocycles. The fourth-order valence-electron chi connectivity index (χ4n) is 4.76. The van der Waals surface area contributed by atoms with Crippen molar-refractivity contribution < 1.29 is 23.5 Å². The molecule has 1 N–H and O–H groups in total. The molecule has 1 aliphatic heterocycles. The summed E-state index contributed by atoms with van der Waals surface area (Å²) in [5.41, 5.74) is -0.124. The second-order valence-electron chi connectivity index (χ2n) is 11.0. The standard InChI is InChI=1S/C28H36FN3O5/c1-28(2,3)37-27(35)32-17-20(36-4)16-24(32)26(34)30-22-15-19(11-12-21(22)29)23(13-10-18-8-9-18)31-14-6-5-7-25(31)33/h5-7,11-12,14-15,18,20,23-24H,8-10,13,16-17H2,1-4H3,(H,30,34)/t20-,23-,24-/m1/s1. The van der Waals surface area contributed by atoms with E-state index < -0.39 is 29.5 Å². The summed E-state index contributed by atoms with van der Waals surface area (Å²) in [5, 5.41) is 2.68. The van der Waals surface area contributed by atoms with E-state index in [1.165, 1.54) is 37.0 Å². The van der Waals surface area contributed by atoms with Crippen molar-refractivity contribution in [1.29, 1.82) is 0 Å². The molecule has 0 bridgehead atoms. The maximum Gasteiger partial charge on any atom is 0.411 e. The van der Waals surface area contributed by atoms with Crippen LogP contribution in [-0.4, -0.2) is 52.9 Å². The Labute approximate surface area is 216 Å². The van der Waals surface area contributed by atoms with Crippen molar-refractivity contribution >= 4 is 17.7 Å². The molecule has 2 amide bonds. The van der Waals surface area contributed by atoms with Gasteiger partial charge in [-0.15, -0.1) is 0 Å². The molecule has 9 heteroatoms. The number of aromatic nitrogens is 1. The average molecular weight is 514 g/mol. The first-order chi connectivity index (χ1) is 17.6. The summed E-state index contributed by atoms with van der Waals surface area (Å²) >= 11 is 0. The Hall–Kier alpha value is -3.20. The Balaban J connectivity index is 1.57. The zero-order chi connectivity index (χ0) is 26.7. The molecule has 3 atom stereocenters. The van der Waals surface area contributed by atoms with Crippen molar-refractivity contribution in [3.8, 4) is 0 Å². The van der Waals surface area contributed by atoms with Gasteiger partial charge in [-0.1, -0.05) is 25.0 Å². The number of nitrogens with zero attached hydrogens (tertiary/aromatic N) is 2. The zero-order valence-electron chi connectivity index (χ0n) is 21.9. The van der Waals surface area contributed by atoms with Crippen LogP contribution in [0.15, 0.2) is 47.4 Å². The van der Waals surface area contributed by atoms with Crippen LogP contribution in [0, 0.1) is 11.7 Å². The van der Waals surface area contributed by atoms with Crippen LogP contribution in [0.1, 0.15) is 64.5 Å². The number of amides is 2. The molecular weight excluding hydrogens is 477 g/mol. The molecule has 2 aromatic rings. The fraction of sp³-hybridized carbons (Fsp3) is 0.536. The number of pyridine rings is 1. The molecule has 1 saturated carbocycles. The van der Waals surface area contributed by atoms with E-state index in [9.17, 15) is 18.8 Å². The van der Waals surface area contributed by atoms with E-state index in [0.29, 0.717) is 5.92 Å². The minimum atomic E-state index is -0.870. The third-order valence-electron chi connectivity index (χ3n) is 6.89. The largest absolute Gasteiger partial charge is 0.444 e. The maximum atomic E-state index is 14.9. The summed E-state index contributed by atoms with van der Waals surface area (Å²) in [6.45, 7) is 5.46. The number of likely N-dealkylation sites (tertiary alicyclic amines) is 1. The number of hydrogen-bond acceptors (Lipinski definition) is 5. The van der Waals surface area contributed by atoms with Crippen LogP contribution in [0.4, 0.5) is 14.9 Å². The van der Waals surface area contributed by atoms with Gasteiger partial charge in [0, 0.05) is 25.8 Å². The molecular formula is C28H36FN3O5. The van der Waals surface area contributed by atoms with Crippen LogP contribution < -0.4 is 10.9 Å². The van der Waals surface area contributed by atoms with Crippen molar-refractivity contribution in [2.75, 3.05) is 19.0 Å². The number of halogens is 1. The Bertz CT molecular complexity index is 1190. The molecule has 1 saturated heterocycles. The Morgan fingerprint density at radius 1 is 1.19 bits per heavy atom. The molecule has 2 aliphatic rings. The van der Waals surface area contributed by atoms with Gasteiger partial charge in [-0.3, -0.25) is 14.5 Å². The molecule has 8 nitrogen and oxygen atoms in total. The number of ether oxygens (including phenoxy) is 2. The highest BCUT2D eigenvalue weighted by Crippen LogP contribution is 2.37. The van der Waals surface area contributed by atoms with Gasteiger partial charge in [-0.25, -0.2) is 9.18 Å². The van der Waals surface area contributed by atoms with Gasteiger partial charge in [-0.05, 0) is 63.3 Å². The minimum Gasteiger partial charge on any atom is -0.444 e. The molecule has 1 aromatic carbocycles. The molecule has 200 valence electrons. The molecule has 0 radical (unpaired) electrons. The van der Waals surface area contributed by atoms with Gasteiger partial charge in [0.05, 0.1) is 24.4 Å². The average Bonchev–Trinajstić information content (AvgIpc) is 3.56. The monoisotopic (exact) mass is 513 g/mol. The molecule has 4 rings (SSSR count). The van der Waals surface area contributed by atoms with Crippen molar-refractivity contribution in [1.82, 2.24) is 9.47 Å². The van der Waals surface area contributed by atoms with Crippen molar-refractivity contribution in [3.63, 3.8) is 0 Å². The summed E-state index contributed by atoms with van der Waals surface area (Å²) in [5.74, 6) is -0.451. The van der Waals surface area contributed by atoms with Crippen LogP contribution in [0.2, 0.25) is 0 Å². The minimum absolute atomic E-state index is 0.00732. The van der Waals surface area contributed by atoms with Crippen LogP contribution in [0.25, 0.3) is 0 Å². The van der Waals surface area contributed by atoms with Gasteiger partial charge in [-0.2, -0.15) is 0 Å². The highest BCUT2D eigenvalue weighted by Gasteiger charge is 2.42. The van der Waals surface area contributed by atoms with Crippen LogP contribution in [0.3, 0.4) is 0 Å². The lowest BCUT2D eigenvalue weighted by Gasteiger charge is -2.28. The van der Waals surface area contributed by atoms with Crippen molar-refractivity contribution in [2.45, 2.75) is 76.7 Å². The fourth-order valence-corrected chi connectivity index (χ4v) is 4.76. The van der Waals surface area contributed by atoms with E-state index in [1.54, 1.807) is 55.8 Å². The van der Waals surface area contributed by atoms with E-state index in [1.807, 2.05) is 0 Å². The van der Waals surface area contributed by atoms with Crippen molar-refractivity contribution in [2.24, 2.45) is 5.92 Å². The molecule has 2 fully saturated rings. The topological polar surface area (TPSA) is 89.9 Å². The molecule has 0 spiro atoms. The lowest BCUT2D eigenvalue weighted by Crippen LogP contribution is -2.45. The summed E-state index contributed by atoms with van der Waals surface area (Å²) in [7, 11) is 1.52. The quantitative estimate of drug-likeness (QED) is 0.551. The normalized spacial score (nSPS) is 20.5. The highest BCUT2D eigenvalue weighted by atomic mass is 19.1. The summed E-state index contributed by atoms with van der Waals surface area (Å²) in [4.78, 5) is 40.0. The predicted molar refractivity (Wildman–Crippen MR) is 138 cm³/mol. The number of carbonyl (C=O) groups is 2. The second-order valence-corrected chi connectivity index (χ2v) is 11.0. The molecule has 0 unspecified atom stereocenters. The van der Waals surface area contributed by atoms with Crippen LogP contribution in [0.5, 0.6) is 0 Å². The first-order valence-electron chi connectivity index (χ1n) is 12.9. The number of hydrogen-bond donors (Lipinski definition) is 1. The van der Waals surface area contributed by atoms with Gasteiger partial charge in [0.25, 0.3) is 5.56 Å². The summed E-state index contributed by atoms with van der Waals surface area (Å²) in [6.07, 6.45) is 5.14. The summed E-state index contributed by atoms with van der Waals surface area (Å²) in [6, 6.07) is 8.40. The number of anilines is 1. The van der Waals surface area contributed by atoms with Gasteiger partial charge in [0.2, 0.25) is 5.91 Å². The Morgan fingerprint density at radius 3 is 2.59 bits per heavy atom. The summed E-state index contributed by atoms with van der Waals surface area (Å²) < 4.78 is 27.4. The van der Waals surface area contributed by atoms with Gasteiger partial charge >= 0.3 is 6.09 Å². The van der Waals surface area contributed by atoms with E-state index in [0.717, 1.165) is 18.4 Å². The number of rotatable bonds is 8.